The summed E-state index contributed by atoms with van der Waals surface area (Å²) in [5.74, 6) is 1.08. The molecule has 1 unspecified atom stereocenters. The molecule has 0 saturated carbocycles. The third-order valence-corrected chi connectivity index (χ3v) is 8.36. The van der Waals surface area contributed by atoms with Gasteiger partial charge in [-0.25, -0.2) is 0 Å². The standard InChI is InChI=1S/C33H45NO5/c1-4-5-6-7-8-12-15-31(35)39-33(23-27-20-29(37-2)30(38-3)21-28(27)32(33)36)22-25-16-18-34(19-17-25)24-26-13-10-9-11-14-26/h9-11,13-14,20-21,25H,4-8,12,15-19,22-24H2,1-3H3. The van der Waals surface area contributed by atoms with Crippen molar-refractivity contribution in [2.24, 2.45) is 5.92 Å². The zero-order valence-corrected chi connectivity index (χ0v) is 24.0. The van der Waals surface area contributed by atoms with Crippen LogP contribution in [0.15, 0.2) is 42.5 Å². The molecule has 0 spiro atoms. The lowest BCUT2D eigenvalue weighted by atomic mass is 9.82. The van der Waals surface area contributed by atoms with E-state index in [1.54, 1.807) is 20.3 Å². The first kappa shape index (κ1) is 29.1. The van der Waals surface area contributed by atoms with E-state index in [0.717, 1.165) is 57.3 Å². The molecular formula is C33H45NO5. The number of methoxy groups -OCH3 is 2. The number of carbonyl (C=O) groups excluding carboxylic acids is 2. The minimum Gasteiger partial charge on any atom is -0.493 e. The molecule has 0 N–H and O–H groups in total. The van der Waals surface area contributed by atoms with Gasteiger partial charge in [-0.1, -0.05) is 69.4 Å². The van der Waals surface area contributed by atoms with Crippen molar-refractivity contribution in [2.45, 2.75) is 89.7 Å². The number of carbonyl (C=O) groups is 2. The molecule has 1 aliphatic heterocycles. The SMILES string of the molecule is CCCCCCCCC(=O)OC1(CC2CCN(Cc3ccccc3)CC2)Cc2cc(OC)c(OC)cc2C1=O. The number of hydrogen-bond acceptors (Lipinski definition) is 6. The predicted octanol–water partition coefficient (Wildman–Crippen LogP) is 6.78. The fourth-order valence-corrected chi connectivity index (χ4v) is 6.18. The molecule has 1 aliphatic carbocycles. The molecule has 4 rings (SSSR count). The first-order chi connectivity index (χ1) is 19.0. The maximum Gasteiger partial charge on any atom is 0.306 e. The molecule has 0 bridgehead atoms. The first-order valence-electron chi connectivity index (χ1n) is 14.8. The zero-order chi connectivity index (χ0) is 27.7. The van der Waals surface area contributed by atoms with Crippen LogP contribution < -0.4 is 9.47 Å². The molecule has 1 atom stereocenters. The van der Waals surface area contributed by atoms with Crippen LogP contribution in [0.3, 0.4) is 0 Å². The number of piperidine rings is 1. The smallest absolute Gasteiger partial charge is 0.306 e. The number of ketones is 1. The maximum atomic E-state index is 14.0. The van der Waals surface area contributed by atoms with Crippen molar-refractivity contribution in [2.75, 3.05) is 27.3 Å². The highest BCUT2D eigenvalue weighted by molar-refractivity contribution is 6.08. The zero-order valence-electron chi connectivity index (χ0n) is 24.0. The highest BCUT2D eigenvalue weighted by Gasteiger charge is 2.50. The third-order valence-electron chi connectivity index (χ3n) is 8.36. The van der Waals surface area contributed by atoms with Gasteiger partial charge in [0.15, 0.2) is 17.1 Å². The number of likely N-dealkylation sites (tertiary alicyclic amines) is 1. The van der Waals surface area contributed by atoms with Crippen molar-refractivity contribution in [1.29, 1.82) is 0 Å². The Morgan fingerprint density at radius 3 is 2.31 bits per heavy atom. The normalized spacial score (nSPS) is 19.6. The van der Waals surface area contributed by atoms with Gasteiger partial charge >= 0.3 is 5.97 Å². The second kappa shape index (κ2) is 14.0. The Morgan fingerprint density at radius 2 is 1.62 bits per heavy atom. The summed E-state index contributed by atoms with van der Waals surface area (Å²) in [6.07, 6.45) is 9.89. The molecule has 0 amide bonds. The third kappa shape index (κ3) is 7.42. The Kier molecular flexibility index (Phi) is 10.4. The van der Waals surface area contributed by atoms with Crippen LogP contribution in [0.5, 0.6) is 11.5 Å². The van der Waals surface area contributed by atoms with Gasteiger partial charge in [0, 0.05) is 24.9 Å². The van der Waals surface area contributed by atoms with E-state index in [0.29, 0.717) is 42.2 Å². The van der Waals surface area contributed by atoms with Crippen LogP contribution in [0.1, 0.15) is 92.6 Å². The second-order valence-corrected chi connectivity index (χ2v) is 11.3. The molecule has 2 aromatic rings. The lowest BCUT2D eigenvalue weighted by Crippen LogP contribution is -2.45. The summed E-state index contributed by atoms with van der Waals surface area (Å²) in [7, 11) is 3.17. The molecule has 2 aromatic carbocycles. The Bertz CT molecular complexity index is 1090. The van der Waals surface area contributed by atoms with Crippen molar-refractivity contribution in [3.8, 4) is 11.5 Å². The van der Waals surface area contributed by atoms with Gasteiger partial charge in [0.2, 0.25) is 5.78 Å². The van der Waals surface area contributed by atoms with E-state index in [1.807, 2.05) is 12.1 Å². The molecule has 6 nitrogen and oxygen atoms in total. The molecule has 0 radical (unpaired) electrons. The second-order valence-electron chi connectivity index (χ2n) is 11.3. The van der Waals surface area contributed by atoms with Crippen molar-refractivity contribution < 1.29 is 23.8 Å². The van der Waals surface area contributed by atoms with Crippen molar-refractivity contribution in [3.63, 3.8) is 0 Å². The van der Waals surface area contributed by atoms with Gasteiger partial charge in [-0.15, -0.1) is 0 Å². The quantitative estimate of drug-likeness (QED) is 0.196. The van der Waals surface area contributed by atoms with Gasteiger partial charge in [0.25, 0.3) is 0 Å². The number of rotatable bonds is 14. The van der Waals surface area contributed by atoms with Crippen LogP contribution in [0.2, 0.25) is 0 Å². The lowest BCUT2D eigenvalue weighted by molar-refractivity contribution is -0.156. The highest BCUT2D eigenvalue weighted by atomic mass is 16.6. The van der Waals surface area contributed by atoms with Gasteiger partial charge in [-0.2, -0.15) is 0 Å². The van der Waals surface area contributed by atoms with Gasteiger partial charge in [-0.05, 0) is 68.0 Å². The van der Waals surface area contributed by atoms with E-state index >= 15 is 0 Å². The summed E-state index contributed by atoms with van der Waals surface area (Å²) in [6, 6.07) is 14.2. The Balaban J connectivity index is 1.44. The molecular weight excluding hydrogens is 490 g/mol. The molecule has 212 valence electrons. The van der Waals surface area contributed by atoms with Crippen molar-refractivity contribution in [1.82, 2.24) is 4.90 Å². The molecule has 39 heavy (non-hydrogen) atoms. The number of nitrogens with zero attached hydrogens (tertiary/aromatic N) is 1. The average molecular weight is 536 g/mol. The monoisotopic (exact) mass is 535 g/mol. The lowest BCUT2D eigenvalue weighted by Gasteiger charge is -2.36. The van der Waals surface area contributed by atoms with Crippen molar-refractivity contribution >= 4 is 11.8 Å². The Morgan fingerprint density at radius 1 is 0.949 bits per heavy atom. The van der Waals surface area contributed by atoms with Gasteiger partial charge in [0.05, 0.1) is 14.2 Å². The molecule has 1 fully saturated rings. The number of fused-ring (bicyclic) bond motifs is 1. The summed E-state index contributed by atoms with van der Waals surface area (Å²) in [6.45, 7) is 5.09. The molecule has 0 aromatic heterocycles. The molecule has 2 aliphatic rings. The fourth-order valence-electron chi connectivity index (χ4n) is 6.18. The van der Waals surface area contributed by atoms with Gasteiger partial charge in [0.1, 0.15) is 0 Å². The number of hydrogen-bond donors (Lipinski definition) is 0. The van der Waals surface area contributed by atoms with Crippen LogP contribution in [0.4, 0.5) is 0 Å². The minimum absolute atomic E-state index is 0.0959. The first-order valence-corrected chi connectivity index (χ1v) is 14.8. The number of unbranched alkanes of at least 4 members (excludes halogenated alkanes) is 5. The summed E-state index contributed by atoms with van der Waals surface area (Å²) in [5.41, 5.74) is 1.62. The van der Waals surface area contributed by atoms with E-state index in [4.69, 9.17) is 14.2 Å². The van der Waals surface area contributed by atoms with E-state index in [9.17, 15) is 9.59 Å². The number of esters is 1. The molecule has 1 heterocycles. The summed E-state index contributed by atoms with van der Waals surface area (Å²) in [5, 5.41) is 0. The number of benzene rings is 2. The predicted molar refractivity (Wildman–Crippen MR) is 153 cm³/mol. The largest absolute Gasteiger partial charge is 0.493 e. The average Bonchev–Trinajstić information content (AvgIpc) is 3.21. The number of ether oxygens (including phenoxy) is 3. The fraction of sp³-hybridized carbons (Fsp3) is 0.576. The summed E-state index contributed by atoms with van der Waals surface area (Å²) in [4.78, 5) is 29.5. The van der Waals surface area contributed by atoms with Crippen LogP contribution in [0.25, 0.3) is 0 Å². The molecule has 1 saturated heterocycles. The maximum absolute atomic E-state index is 14.0. The van der Waals surface area contributed by atoms with E-state index in [1.165, 1.54) is 24.8 Å². The van der Waals surface area contributed by atoms with Gasteiger partial charge < -0.3 is 14.2 Å². The van der Waals surface area contributed by atoms with E-state index in [-0.39, 0.29) is 11.8 Å². The topological polar surface area (TPSA) is 65.1 Å². The van der Waals surface area contributed by atoms with Crippen LogP contribution >= 0.6 is 0 Å². The summed E-state index contributed by atoms with van der Waals surface area (Å²) >= 11 is 0. The van der Waals surface area contributed by atoms with E-state index < -0.39 is 5.60 Å². The Hall–Kier alpha value is -2.86. The van der Waals surface area contributed by atoms with Crippen LogP contribution in [-0.2, 0) is 22.5 Å². The van der Waals surface area contributed by atoms with Gasteiger partial charge in [-0.3, -0.25) is 14.5 Å². The molecule has 6 heteroatoms. The highest BCUT2D eigenvalue weighted by Crippen LogP contribution is 2.44. The van der Waals surface area contributed by atoms with Crippen LogP contribution in [0, 0.1) is 5.92 Å². The van der Waals surface area contributed by atoms with Crippen LogP contribution in [-0.4, -0.2) is 49.6 Å². The summed E-state index contributed by atoms with van der Waals surface area (Å²) < 4.78 is 17.2. The minimum atomic E-state index is -1.15. The Labute approximate surface area is 234 Å². The van der Waals surface area contributed by atoms with E-state index in [2.05, 4.69) is 36.1 Å². The van der Waals surface area contributed by atoms with Crippen molar-refractivity contribution in [3.05, 3.63) is 59.2 Å². The number of Topliss-reactive ketones (excluding diaryl/α,β-unsaturated/α-hetero) is 1.